The van der Waals surface area contributed by atoms with Gasteiger partial charge in [0.2, 0.25) is 3.79 Å². The first-order chi connectivity index (χ1) is 6.02. The van der Waals surface area contributed by atoms with Crippen LogP contribution in [0, 0.1) is 15.9 Å². The number of nitro benzene ring substituents is 1. The first-order valence-corrected chi connectivity index (χ1v) is 4.24. The predicted molar refractivity (Wildman–Crippen MR) is 51.4 cm³/mol. The van der Waals surface area contributed by atoms with Crippen LogP contribution in [0.4, 0.5) is 10.1 Å². The third kappa shape index (κ3) is 2.20. The maximum absolute atomic E-state index is 12.8. The fourth-order valence-electron chi connectivity index (χ4n) is 0.777. The lowest BCUT2D eigenvalue weighted by molar-refractivity contribution is -0.384. The van der Waals surface area contributed by atoms with E-state index in [0.717, 1.165) is 18.2 Å². The summed E-state index contributed by atoms with van der Waals surface area (Å²) in [6.07, 6.45) is 0. The van der Waals surface area contributed by atoms with Crippen LogP contribution in [-0.2, 0) is 0 Å². The van der Waals surface area contributed by atoms with E-state index < -0.39 is 14.5 Å². The molecule has 1 aromatic rings. The Kier molecular flexibility index (Phi) is 2.91. The molecule has 0 saturated heterocycles. The molecule has 0 spiro atoms. The Morgan fingerprint density at radius 3 is 2.62 bits per heavy atom. The molecule has 13 heavy (non-hydrogen) atoms. The van der Waals surface area contributed by atoms with Gasteiger partial charge in [0.15, 0.2) is 0 Å². The maximum Gasteiger partial charge on any atom is 0.270 e. The van der Waals surface area contributed by atoms with E-state index in [2.05, 4.69) is 0 Å². The van der Waals surface area contributed by atoms with Crippen molar-refractivity contribution < 1.29 is 14.1 Å². The van der Waals surface area contributed by atoms with Crippen LogP contribution in [0.1, 0.15) is 10.4 Å². The van der Waals surface area contributed by atoms with E-state index >= 15 is 0 Å². The van der Waals surface area contributed by atoms with Gasteiger partial charge in [0.25, 0.3) is 5.69 Å². The van der Waals surface area contributed by atoms with Crippen LogP contribution in [0.25, 0.3) is 0 Å². The van der Waals surface area contributed by atoms with Gasteiger partial charge in [0.1, 0.15) is 5.82 Å². The Morgan fingerprint density at radius 1 is 1.54 bits per heavy atom. The Hall–Kier alpha value is -1.05. The zero-order chi connectivity index (χ0) is 10.0. The van der Waals surface area contributed by atoms with Gasteiger partial charge in [-0.2, -0.15) is 0 Å². The number of halogens is 2. The average molecular weight is 295 g/mol. The van der Waals surface area contributed by atoms with Crippen molar-refractivity contribution in [2.45, 2.75) is 0 Å². The summed E-state index contributed by atoms with van der Waals surface area (Å²) in [5.74, 6) is -0.745. The summed E-state index contributed by atoms with van der Waals surface area (Å²) in [7, 11) is 0. The first-order valence-electron chi connectivity index (χ1n) is 3.16. The van der Waals surface area contributed by atoms with E-state index in [1.54, 1.807) is 0 Å². The lowest BCUT2D eigenvalue weighted by Gasteiger charge is -1.96. The minimum absolute atomic E-state index is 0.269. The molecule has 4 nitrogen and oxygen atoms in total. The molecule has 68 valence electrons. The molecule has 0 amide bonds. The van der Waals surface area contributed by atoms with Crippen LogP contribution in [0.3, 0.4) is 0 Å². The molecule has 0 N–H and O–H groups in total. The molecule has 0 atom stereocenters. The highest BCUT2D eigenvalue weighted by molar-refractivity contribution is 14.1. The van der Waals surface area contributed by atoms with Crippen molar-refractivity contribution >= 4 is 32.1 Å². The van der Waals surface area contributed by atoms with Crippen LogP contribution in [0.2, 0.25) is 0 Å². The van der Waals surface area contributed by atoms with Gasteiger partial charge in [-0.15, -0.1) is 0 Å². The van der Waals surface area contributed by atoms with Crippen molar-refractivity contribution in [2.24, 2.45) is 0 Å². The normalized spacial score (nSPS) is 9.69. The summed E-state index contributed by atoms with van der Waals surface area (Å²) in [6.45, 7) is 0. The molecule has 0 saturated carbocycles. The SMILES string of the molecule is O=C(I)c1cc([N+](=O)[O-])ccc1F. The molecule has 0 fully saturated rings. The molecule has 1 rings (SSSR count). The van der Waals surface area contributed by atoms with E-state index in [-0.39, 0.29) is 11.3 Å². The molecule has 6 heteroatoms. The molecule has 0 aliphatic carbocycles. The monoisotopic (exact) mass is 295 g/mol. The smallest absolute Gasteiger partial charge is 0.270 e. The number of carbonyl (C=O) groups is 1. The Morgan fingerprint density at radius 2 is 2.15 bits per heavy atom. The lowest BCUT2D eigenvalue weighted by Crippen LogP contribution is -1.96. The van der Waals surface area contributed by atoms with Crippen LogP contribution < -0.4 is 0 Å². The molecule has 0 radical (unpaired) electrons. The third-order valence-corrected chi connectivity index (χ3v) is 1.95. The molecule has 0 bridgehead atoms. The second-order valence-electron chi connectivity index (χ2n) is 2.19. The molecule has 0 aromatic heterocycles. The highest BCUT2D eigenvalue weighted by Gasteiger charge is 2.14. The molecular weight excluding hydrogens is 292 g/mol. The zero-order valence-electron chi connectivity index (χ0n) is 6.16. The molecule has 0 aliphatic rings. The fraction of sp³-hybridized carbons (Fsp3) is 0. The van der Waals surface area contributed by atoms with Crippen LogP contribution in [-0.4, -0.2) is 8.71 Å². The number of benzene rings is 1. The number of carbonyl (C=O) groups excluding carboxylic acids is 1. The highest BCUT2D eigenvalue weighted by atomic mass is 127. The number of nitrogens with zero attached hydrogens (tertiary/aromatic N) is 1. The maximum atomic E-state index is 12.8. The van der Waals surface area contributed by atoms with Crippen molar-refractivity contribution in [3.05, 3.63) is 39.7 Å². The highest BCUT2D eigenvalue weighted by Crippen LogP contribution is 2.18. The molecular formula is C7H3FINO3. The largest absolute Gasteiger partial charge is 0.282 e. The van der Waals surface area contributed by atoms with Crippen molar-refractivity contribution in [1.29, 1.82) is 0 Å². The molecule has 0 aliphatic heterocycles. The van der Waals surface area contributed by atoms with Gasteiger partial charge in [-0.3, -0.25) is 14.9 Å². The van der Waals surface area contributed by atoms with Gasteiger partial charge >= 0.3 is 0 Å². The second kappa shape index (κ2) is 3.77. The van der Waals surface area contributed by atoms with Gasteiger partial charge in [0, 0.05) is 34.7 Å². The van der Waals surface area contributed by atoms with Crippen molar-refractivity contribution in [3.63, 3.8) is 0 Å². The summed E-state index contributed by atoms with van der Waals surface area (Å²) >= 11 is 1.37. The summed E-state index contributed by atoms with van der Waals surface area (Å²) in [5.41, 5.74) is -0.559. The second-order valence-corrected chi connectivity index (χ2v) is 3.17. The Labute approximate surface area is 86.0 Å². The van der Waals surface area contributed by atoms with Gasteiger partial charge in [0.05, 0.1) is 10.5 Å². The average Bonchev–Trinajstić information content (AvgIpc) is 2.04. The van der Waals surface area contributed by atoms with Crippen LogP contribution in [0.15, 0.2) is 18.2 Å². The van der Waals surface area contributed by atoms with Gasteiger partial charge in [-0.05, 0) is 6.07 Å². The van der Waals surface area contributed by atoms with Gasteiger partial charge in [-0.1, -0.05) is 0 Å². The number of non-ortho nitro benzene ring substituents is 1. The minimum Gasteiger partial charge on any atom is -0.282 e. The van der Waals surface area contributed by atoms with E-state index in [0.29, 0.717) is 0 Å². The predicted octanol–water partition coefficient (Wildman–Crippen LogP) is 2.31. The summed E-state index contributed by atoms with van der Waals surface area (Å²) < 4.78 is 12.3. The molecule has 0 heterocycles. The first kappa shape index (κ1) is 10.0. The number of hydrogen-bond donors (Lipinski definition) is 0. The summed E-state index contributed by atoms with van der Waals surface area (Å²) in [6, 6.07) is 2.84. The van der Waals surface area contributed by atoms with Crippen LogP contribution >= 0.6 is 22.6 Å². The number of nitro groups is 1. The summed E-state index contributed by atoms with van der Waals surface area (Å²) in [5, 5.41) is 10.3. The van der Waals surface area contributed by atoms with Gasteiger partial charge < -0.3 is 0 Å². The molecule has 1 aromatic carbocycles. The van der Waals surface area contributed by atoms with E-state index in [4.69, 9.17) is 0 Å². The standard InChI is InChI=1S/C7H3FINO3/c8-6-2-1-4(10(12)13)3-5(6)7(9)11/h1-3H. The number of hydrogen-bond acceptors (Lipinski definition) is 3. The molecule has 0 unspecified atom stereocenters. The van der Waals surface area contributed by atoms with Crippen molar-refractivity contribution in [3.8, 4) is 0 Å². The van der Waals surface area contributed by atoms with Crippen LogP contribution in [0.5, 0.6) is 0 Å². The topological polar surface area (TPSA) is 60.2 Å². The van der Waals surface area contributed by atoms with E-state index in [1.807, 2.05) is 0 Å². The van der Waals surface area contributed by atoms with Crippen molar-refractivity contribution in [1.82, 2.24) is 0 Å². The van der Waals surface area contributed by atoms with Gasteiger partial charge in [-0.25, -0.2) is 4.39 Å². The number of rotatable bonds is 2. The zero-order valence-corrected chi connectivity index (χ0v) is 8.32. The van der Waals surface area contributed by atoms with Crippen molar-refractivity contribution in [2.75, 3.05) is 0 Å². The quantitative estimate of drug-likeness (QED) is 0.364. The van der Waals surface area contributed by atoms with E-state index in [9.17, 15) is 19.3 Å². The summed E-state index contributed by atoms with van der Waals surface area (Å²) in [4.78, 5) is 20.3. The Balaban J connectivity index is 3.27. The van der Waals surface area contributed by atoms with E-state index in [1.165, 1.54) is 22.6 Å². The lowest BCUT2D eigenvalue weighted by atomic mass is 10.2. The third-order valence-electron chi connectivity index (χ3n) is 1.37. The fourth-order valence-corrected chi connectivity index (χ4v) is 1.19. The Bertz CT molecular complexity index is 380. The minimum atomic E-state index is -0.745.